The normalized spacial score (nSPS) is 13.8. The fourth-order valence-electron chi connectivity index (χ4n) is 7.99. The standard InChI is InChI=1S/C60H107O11P/c1-4-7-10-13-16-19-22-24-26-27-28-29-31-33-36-39-42-45-48-51-60(64)71-57(53-67-58(62)49-46-43-40-37-34-21-18-15-12-9-6-3)55-69-72(65,66)68-54-56(52-61)70-59(63)50-47-44-41-38-35-32-30-25-23-20-17-14-11-8-5-2/h8,11,16-17,19-20,24-26,30,56-57,61H,4-7,9-10,12-15,18,21-23,27-29,31-55H2,1-3H3,(H,65,66)/b11-8-,19-16-,20-17-,26-24-,30-25-. The predicted molar refractivity (Wildman–Crippen MR) is 298 cm³/mol. The third-order valence-corrected chi connectivity index (χ3v) is 13.4. The zero-order chi connectivity index (χ0) is 52.7. The second-order valence-electron chi connectivity index (χ2n) is 19.4. The van der Waals surface area contributed by atoms with Crippen molar-refractivity contribution in [2.75, 3.05) is 26.4 Å². The van der Waals surface area contributed by atoms with Gasteiger partial charge in [-0.15, -0.1) is 0 Å². The van der Waals surface area contributed by atoms with E-state index in [-0.39, 0.29) is 25.9 Å². The molecule has 3 atom stereocenters. The highest BCUT2D eigenvalue weighted by atomic mass is 31.2. The van der Waals surface area contributed by atoms with Crippen LogP contribution in [0.4, 0.5) is 0 Å². The molecule has 0 amide bonds. The van der Waals surface area contributed by atoms with Crippen molar-refractivity contribution in [3.63, 3.8) is 0 Å². The minimum Gasteiger partial charge on any atom is -0.462 e. The first kappa shape index (κ1) is 69.2. The maximum atomic E-state index is 12.9. The van der Waals surface area contributed by atoms with E-state index in [4.69, 9.17) is 23.3 Å². The van der Waals surface area contributed by atoms with Crippen LogP contribution in [-0.4, -0.2) is 66.5 Å². The summed E-state index contributed by atoms with van der Waals surface area (Å²) in [6.45, 7) is 4.50. The fourth-order valence-corrected chi connectivity index (χ4v) is 8.77. The number of aliphatic hydroxyl groups is 1. The summed E-state index contributed by atoms with van der Waals surface area (Å²) in [5.41, 5.74) is 0. The maximum absolute atomic E-state index is 12.9. The fraction of sp³-hybridized carbons (Fsp3) is 0.783. The van der Waals surface area contributed by atoms with Crippen LogP contribution in [0.1, 0.15) is 265 Å². The van der Waals surface area contributed by atoms with Gasteiger partial charge in [-0.2, -0.15) is 0 Å². The lowest BCUT2D eigenvalue weighted by Gasteiger charge is -2.21. The second kappa shape index (κ2) is 54.4. The quantitative estimate of drug-likeness (QED) is 0.0197. The Labute approximate surface area is 440 Å². The van der Waals surface area contributed by atoms with Crippen molar-refractivity contribution < 1.29 is 52.2 Å². The Balaban J connectivity index is 4.68. The lowest BCUT2D eigenvalue weighted by atomic mass is 10.1. The molecule has 0 aromatic heterocycles. The van der Waals surface area contributed by atoms with Crippen molar-refractivity contribution in [3.05, 3.63) is 60.8 Å². The van der Waals surface area contributed by atoms with Gasteiger partial charge in [0.05, 0.1) is 19.8 Å². The summed E-state index contributed by atoms with van der Waals surface area (Å²) < 4.78 is 39.5. The van der Waals surface area contributed by atoms with Gasteiger partial charge in [-0.3, -0.25) is 23.4 Å². The van der Waals surface area contributed by atoms with E-state index in [1.165, 1.54) is 103 Å². The van der Waals surface area contributed by atoms with E-state index in [1.54, 1.807) is 0 Å². The van der Waals surface area contributed by atoms with Crippen LogP contribution >= 0.6 is 7.82 Å². The van der Waals surface area contributed by atoms with Crippen molar-refractivity contribution in [2.24, 2.45) is 0 Å². The molecule has 0 aromatic carbocycles. The van der Waals surface area contributed by atoms with Crippen LogP contribution in [0, 0.1) is 0 Å². The number of unbranched alkanes of at least 4 members (excludes halogenated alkanes) is 27. The lowest BCUT2D eigenvalue weighted by molar-refractivity contribution is -0.161. The first-order valence-corrected chi connectivity index (χ1v) is 30.7. The zero-order valence-corrected chi connectivity index (χ0v) is 47.0. The van der Waals surface area contributed by atoms with Crippen LogP contribution in [-0.2, 0) is 42.2 Å². The van der Waals surface area contributed by atoms with Crippen molar-refractivity contribution >= 4 is 25.7 Å². The van der Waals surface area contributed by atoms with Crippen LogP contribution in [0.5, 0.6) is 0 Å². The number of hydrogen-bond acceptors (Lipinski definition) is 10. The Morgan fingerprint density at radius 1 is 0.403 bits per heavy atom. The average Bonchev–Trinajstić information content (AvgIpc) is 3.37. The molecule has 0 aliphatic carbocycles. The summed E-state index contributed by atoms with van der Waals surface area (Å²) in [7, 11) is -4.75. The maximum Gasteiger partial charge on any atom is 0.472 e. The first-order valence-electron chi connectivity index (χ1n) is 29.2. The van der Waals surface area contributed by atoms with Gasteiger partial charge >= 0.3 is 25.7 Å². The average molecular weight is 1040 g/mol. The topological polar surface area (TPSA) is 155 Å². The number of allylic oxidation sites excluding steroid dienone is 10. The summed E-state index contributed by atoms with van der Waals surface area (Å²) in [6.07, 6.45) is 58.9. The Morgan fingerprint density at radius 2 is 0.722 bits per heavy atom. The molecule has 0 rings (SSSR count). The van der Waals surface area contributed by atoms with E-state index in [2.05, 4.69) is 81.5 Å². The summed E-state index contributed by atoms with van der Waals surface area (Å²) in [6, 6.07) is 0. The van der Waals surface area contributed by atoms with Crippen LogP contribution in [0.3, 0.4) is 0 Å². The minimum atomic E-state index is -4.75. The van der Waals surface area contributed by atoms with Gasteiger partial charge in [0.15, 0.2) is 6.10 Å². The monoisotopic (exact) mass is 1030 g/mol. The molecule has 0 radical (unpaired) electrons. The van der Waals surface area contributed by atoms with Gasteiger partial charge in [-0.25, -0.2) is 4.57 Å². The third-order valence-electron chi connectivity index (χ3n) is 12.4. The Kier molecular flexibility index (Phi) is 52.3. The molecule has 418 valence electrons. The smallest absolute Gasteiger partial charge is 0.462 e. The van der Waals surface area contributed by atoms with Gasteiger partial charge in [-0.05, 0) is 83.5 Å². The van der Waals surface area contributed by atoms with Gasteiger partial charge in [0.2, 0.25) is 0 Å². The molecule has 3 unspecified atom stereocenters. The number of rotatable bonds is 54. The van der Waals surface area contributed by atoms with Crippen LogP contribution in [0.15, 0.2) is 60.8 Å². The summed E-state index contributed by atoms with van der Waals surface area (Å²) in [4.78, 5) is 48.5. The SMILES string of the molecule is CC/C=C\C/C=C\C/C=C\CCCCCCCC(=O)OC(CO)COP(=O)(O)OCC(COC(=O)CCCCCCCCCCCCC)OC(=O)CCCCCCCCCCC/C=C\C/C=C\CCCCC. The van der Waals surface area contributed by atoms with Gasteiger partial charge in [0, 0.05) is 19.3 Å². The molecule has 12 heteroatoms. The van der Waals surface area contributed by atoms with E-state index < -0.39 is 57.8 Å². The molecular formula is C60H107O11P. The van der Waals surface area contributed by atoms with Gasteiger partial charge in [0.1, 0.15) is 12.7 Å². The number of ether oxygens (including phenoxy) is 3. The molecule has 0 fully saturated rings. The molecule has 0 saturated heterocycles. The first-order chi connectivity index (χ1) is 35.2. The van der Waals surface area contributed by atoms with Gasteiger partial charge < -0.3 is 24.2 Å². The minimum absolute atomic E-state index is 0.158. The largest absolute Gasteiger partial charge is 0.472 e. The molecule has 0 aliphatic heterocycles. The van der Waals surface area contributed by atoms with E-state index in [0.29, 0.717) is 19.3 Å². The van der Waals surface area contributed by atoms with Crippen LogP contribution < -0.4 is 0 Å². The van der Waals surface area contributed by atoms with Gasteiger partial charge in [0.25, 0.3) is 0 Å². The molecule has 0 heterocycles. The number of aliphatic hydroxyl groups excluding tert-OH is 1. The highest BCUT2D eigenvalue weighted by Gasteiger charge is 2.28. The number of hydrogen-bond donors (Lipinski definition) is 2. The van der Waals surface area contributed by atoms with Gasteiger partial charge in [-0.1, -0.05) is 223 Å². The lowest BCUT2D eigenvalue weighted by Crippen LogP contribution is -2.30. The van der Waals surface area contributed by atoms with E-state index in [0.717, 1.165) is 103 Å². The Bertz CT molecular complexity index is 1440. The number of carbonyl (C=O) groups excluding carboxylic acids is 3. The zero-order valence-electron chi connectivity index (χ0n) is 46.1. The van der Waals surface area contributed by atoms with Crippen LogP contribution in [0.25, 0.3) is 0 Å². The predicted octanol–water partition coefficient (Wildman–Crippen LogP) is 17.1. The Hall–Kier alpha value is -2.82. The third kappa shape index (κ3) is 52.1. The van der Waals surface area contributed by atoms with E-state index in [1.807, 2.05) is 0 Å². The van der Waals surface area contributed by atoms with E-state index in [9.17, 15) is 28.9 Å². The van der Waals surface area contributed by atoms with E-state index >= 15 is 0 Å². The molecule has 11 nitrogen and oxygen atoms in total. The number of phosphoric acid groups is 1. The summed E-state index contributed by atoms with van der Waals surface area (Å²) >= 11 is 0. The summed E-state index contributed by atoms with van der Waals surface area (Å²) in [5.74, 6) is -1.48. The molecule has 0 saturated carbocycles. The summed E-state index contributed by atoms with van der Waals surface area (Å²) in [5, 5.41) is 9.81. The molecule has 0 aromatic rings. The molecule has 72 heavy (non-hydrogen) atoms. The molecule has 2 N–H and O–H groups in total. The number of carbonyl (C=O) groups is 3. The highest BCUT2D eigenvalue weighted by molar-refractivity contribution is 7.47. The Morgan fingerprint density at radius 3 is 1.14 bits per heavy atom. The molecule has 0 spiro atoms. The number of phosphoric ester groups is 1. The highest BCUT2D eigenvalue weighted by Crippen LogP contribution is 2.43. The van der Waals surface area contributed by atoms with Crippen molar-refractivity contribution in [1.29, 1.82) is 0 Å². The van der Waals surface area contributed by atoms with Crippen LogP contribution in [0.2, 0.25) is 0 Å². The van der Waals surface area contributed by atoms with Crippen molar-refractivity contribution in [3.8, 4) is 0 Å². The van der Waals surface area contributed by atoms with Crippen molar-refractivity contribution in [1.82, 2.24) is 0 Å². The molecule has 0 aliphatic rings. The van der Waals surface area contributed by atoms with Crippen molar-refractivity contribution in [2.45, 2.75) is 277 Å². The molecule has 0 bridgehead atoms. The number of esters is 3. The molecular weight excluding hydrogens is 928 g/mol. The second-order valence-corrected chi connectivity index (χ2v) is 20.9.